The molecule has 0 radical (unpaired) electrons. The van der Waals surface area contributed by atoms with Gasteiger partial charge in [-0.1, -0.05) is 42.5 Å². The van der Waals surface area contributed by atoms with Gasteiger partial charge in [-0.25, -0.2) is 4.79 Å². The number of hydrogen-bond donors (Lipinski definition) is 1. The molecule has 1 saturated heterocycles. The molecule has 1 aliphatic heterocycles. The van der Waals surface area contributed by atoms with Gasteiger partial charge in [0, 0.05) is 11.1 Å². The topological polar surface area (TPSA) is 75.7 Å². The Morgan fingerprint density at radius 1 is 1.15 bits per heavy atom. The molecule has 0 spiro atoms. The Morgan fingerprint density at radius 2 is 1.85 bits per heavy atom. The summed E-state index contributed by atoms with van der Waals surface area (Å²) in [6.07, 6.45) is 0. The number of Topliss-reactive ketones (excluding diaryl/α,β-unsaturated/α-hetero) is 1. The second-order valence-corrected chi connectivity index (χ2v) is 6.44. The summed E-state index contributed by atoms with van der Waals surface area (Å²) in [6.45, 7) is 3.22. The lowest BCUT2D eigenvalue weighted by atomic mass is 9.90. The SMILES string of the molecule is COc1cc(C)ccc1C1(C)NC(=O)N(CC(=O)c2ccccc2)C1=O. The summed E-state index contributed by atoms with van der Waals surface area (Å²) in [5, 5.41) is 2.70. The Balaban J connectivity index is 1.90. The summed E-state index contributed by atoms with van der Waals surface area (Å²) < 4.78 is 5.38. The fourth-order valence-corrected chi connectivity index (χ4v) is 3.09. The van der Waals surface area contributed by atoms with Crippen molar-refractivity contribution in [2.75, 3.05) is 13.7 Å². The van der Waals surface area contributed by atoms with Crippen molar-refractivity contribution in [2.24, 2.45) is 0 Å². The van der Waals surface area contributed by atoms with E-state index in [1.165, 1.54) is 7.11 Å². The molecule has 1 aliphatic rings. The van der Waals surface area contributed by atoms with E-state index >= 15 is 0 Å². The molecular formula is C20H20N2O4. The maximum atomic E-state index is 13.0. The number of carbonyl (C=O) groups is 3. The molecule has 1 fully saturated rings. The number of nitrogens with one attached hydrogen (secondary N) is 1. The summed E-state index contributed by atoms with van der Waals surface area (Å²) in [7, 11) is 1.51. The van der Waals surface area contributed by atoms with Gasteiger partial charge in [-0.15, -0.1) is 0 Å². The monoisotopic (exact) mass is 352 g/mol. The summed E-state index contributed by atoms with van der Waals surface area (Å²) in [4.78, 5) is 38.8. The number of urea groups is 1. The first kappa shape index (κ1) is 17.7. The molecule has 1 heterocycles. The highest BCUT2D eigenvalue weighted by Crippen LogP contribution is 2.35. The lowest BCUT2D eigenvalue weighted by molar-refractivity contribution is -0.130. The lowest BCUT2D eigenvalue weighted by Crippen LogP contribution is -2.41. The first-order chi connectivity index (χ1) is 12.4. The Bertz CT molecular complexity index is 879. The molecule has 3 amide bonds. The number of amides is 3. The van der Waals surface area contributed by atoms with E-state index in [2.05, 4.69) is 5.32 Å². The van der Waals surface area contributed by atoms with Gasteiger partial charge >= 0.3 is 6.03 Å². The van der Waals surface area contributed by atoms with E-state index in [4.69, 9.17) is 4.74 Å². The maximum Gasteiger partial charge on any atom is 0.325 e. The highest BCUT2D eigenvalue weighted by Gasteiger charge is 2.50. The van der Waals surface area contributed by atoms with Crippen molar-refractivity contribution < 1.29 is 19.1 Å². The molecule has 134 valence electrons. The zero-order chi connectivity index (χ0) is 18.9. The number of hydrogen-bond acceptors (Lipinski definition) is 4. The van der Waals surface area contributed by atoms with Gasteiger partial charge in [-0.2, -0.15) is 0 Å². The van der Waals surface area contributed by atoms with Gasteiger partial charge in [0.25, 0.3) is 5.91 Å². The molecular weight excluding hydrogens is 332 g/mol. The van der Waals surface area contributed by atoms with Gasteiger partial charge in [0.2, 0.25) is 0 Å². The molecule has 0 bridgehead atoms. The van der Waals surface area contributed by atoms with Crippen molar-refractivity contribution in [3.05, 3.63) is 65.2 Å². The molecule has 0 saturated carbocycles. The van der Waals surface area contributed by atoms with Crippen molar-refractivity contribution >= 4 is 17.7 Å². The predicted octanol–water partition coefficient (Wildman–Crippen LogP) is 2.65. The molecule has 1 atom stereocenters. The zero-order valence-electron chi connectivity index (χ0n) is 14.9. The van der Waals surface area contributed by atoms with Crippen LogP contribution in [0.2, 0.25) is 0 Å². The lowest BCUT2D eigenvalue weighted by Gasteiger charge is -2.24. The van der Waals surface area contributed by atoms with Crippen LogP contribution < -0.4 is 10.1 Å². The first-order valence-electron chi connectivity index (χ1n) is 8.24. The van der Waals surface area contributed by atoms with Gasteiger partial charge in [-0.3, -0.25) is 14.5 Å². The van der Waals surface area contributed by atoms with Crippen LogP contribution in [-0.2, 0) is 10.3 Å². The predicted molar refractivity (Wildman–Crippen MR) is 96.1 cm³/mol. The number of carbonyl (C=O) groups excluding carboxylic acids is 3. The van der Waals surface area contributed by atoms with Crippen LogP contribution in [0.5, 0.6) is 5.75 Å². The van der Waals surface area contributed by atoms with E-state index in [1.807, 2.05) is 13.0 Å². The van der Waals surface area contributed by atoms with Crippen LogP contribution in [0.3, 0.4) is 0 Å². The van der Waals surface area contributed by atoms with Crippen LogP contribution in [0.15, 0.2) is 48.5 Å². The summed E-state index contributed by atoms with van der Waals surface area (Å²) in [5.41, 5.74) is 0.697. The zero-order valence-corrected chi connectivity index (χ0v) is 14.9. The van der Waals surface area contributed by atoms with Crippen molar-refractivity contribution in [2.45, 2.75) is 19.4 Å². The van der Waals surface area contributed by atoms with Crippen molar-refractivity contribution in [1.29, 1.82) is 0 Å². The quantitative estimate of drug-likeness (QED) is 0.663. The third-order valence-corrected chi connectivity index (χ3v) is 4.57. The number of aryl methyl sites for hydroxylation is 1. The average Bonchev–Trinajstić information content (AvgIpc) is 2.86. The van der Waals surface area contributed by atoms with Crippen LogP contribution in [0.4, 0.5) is 4.79 Å². The fraction of sp³-hybridized carbons (Fsp3) is 0.250. The maximum absolute atomic E-state index is 13.0. The summed E-state index contributed by atoms with van der Waals surface area (Å²) in [6, 6.07) is 13.4. The molecule has 3 rings (SSSR count). The number of imide groups is 1. The van der Waals surface area contributed by atoms with Crippen LogP contribution in [0.25, 0.3) is 0 Å². The number of ether oxygens (including phenoxy) is 1. The molecule has 6 nitrogen and oxygen atoms in total. The Kier molecular flexibility index (Phi) is 4.50. The van der Waals surface area contributed by atoms with Crippen molar-refractivity contribution in [3.63, 3.8) is 0 Å². The second kappa shape index (κ2) is 6.63. The van der Waals surface area contributed by atoms with E-state index in [9.17, 15) is 14.4 Å². The Morgan fingerprint density at radius 3 is 2.50 bits per heavy atom. The van der Waals surface area contributed by atoms with Gasteiger partial charge in [-0.05, 0) is 25.5 Å². The van der Waals surface area contributed by atoms with E-state index in [0.29, 0.717) is 16.9 Å². The van der Waals surface area contributed by atoms with Crippen LogP contribution >= 0.6 is 0 Å². The number of methoxy groups -OCH3 is 1. The summed E-state index contributed by atoms with van der Waals surface area (Å²) >= 11 is 0. The highest BCUT2D eigenvalue weighted by atomic mass is 16.5. The Labute approximate surface area is 151 Å². The summed E-state index contributed by atoms with van der Waals surface area (Å²) in [5.74, 6) is -0.263. The normalized spacial score (nSPS) is 19.4. The third kappa shape index (κ3) is 2.94. The van der Waals surface area contributed by atoms with E-state index in [-0.39, 0.29) is 12.3 Å². The minimum atomic E-state index is -1.28. The average molecular weight is 352 g/mol. The fourth-order valence-electron chi connectivity index (χ4n) is 3.09. The van der Waals surface area contributed by atoms with Crippen LogP contribution in [0.1, 0.15) is 28.4 Å². The molecule has 1 unspecified atom stereocenters. The molecule has 1 N–H and O–H groups in total. The van der Waals surface area contributed by atoms with Gasteiger partial charge in [0.05, 0.1) is 13.7 Å². The number of ketones is 1. The largest absolute Gasteiger partial charge is 0.496 e. The molecule has 0 aliphatic carbocycles. The standard InChI is InChI=1S/C20H20N2O4/c1-13-9-10-15(17(11-13)26-3)20(2)18(24)22(19(25)21-20)12-16(23)14-7-5-4-6-8-14/h4-11H,12H2,1-3H3,(H,21,25). The van der Waals surface area contributed by atoms with Crippen molar-refractivity contribution in [1.82, 2.24) is 10.2 Å². The van der Waals surface area contributed by atoms with Gasteiger partial charge in [0.15, 0.2) is 5.78 Å². The smallest absolute Gasteiger partial charge is 0.325 e. The van der Waals surface area contributed by atoms with E-state index in [1.54, 1.807) is 49.4 Å². The van der Waals surface area contributed by atoms with E-state index < -0.39 is 17.5 Å². The number of benzene rings is 2. The van der Waals surface area contributed by atoms with Crippen molar-refractivity contribution in [3.8, 4) is 5.75 Å². The van der Waals surface area contributed by atoms with Crippen LogP contribution in [-0.4, -0.2) is 36.3 Å². The second-order valence-electron chi connectivity index (χ2n) is 6.44. The minimum Gasteiger partial charge on any atom is -0.496 e. The molecule has 6 heteroatoms. The minimum absolute atomic E-state index is 0.297. The van der Waals surface area contributed by atoms with E-state index in [0.717, 1.165) is 10.5 Å². The Hall–Kier alpha value is -3.15. The highest BCUT2D eigenvalue weighted by molar-refractivity contribution is 6.11. The first-order valence-corrected chi connectivity index (χ1v) is 8.24. The third-order valence-electron chi connectivity index (χ3n) is 4.57. The van der Waals surface area contributed by atoms with Gasteiger partial charge in [0.1, 0.15) is 11.3 Å². The molecule has 2 aromatic carbocycles. The number of nitrogens with zero attached hydrogens (tertiary/aromatic N) is 1. The molecule has 26 heavy (non-hydrogen) atoms. The van der Waals surface area contributed by atoms with Crippen LogP contribution in [0, 0.1) is 6.92 Å². The van der Waals surface area contributed by atoms with Gasteiger partial charge < -0.3 is 10.1 Å². The molecule has 2 aromatic rings. The molecule has 0 aromatic heterocycles. The number of rotatable bonds is 5.